The predicted molar refractivity (Wildman–Crippen MR) is 65.9 cm³/mol. The molecular weight excluding hydrogens is 222 g/mol. The quantitative estimate of drug-likeness (QED) is 0.875. The summed E-state index contributed by atoms with van der Waals surface area (Å²) in [4.78, 5) is 6.65. The molecule has 0 bridgehead atoms. The van der Waals surface area contributed by atoms with Crippen LogP contribution < -0.4 is 4.90 Å². The van der Waals surface area contributed by atoms with Crippen molar-refractivity contribution in [3.05, 3.63) is 5.82 Å². The molecule has 2 heterocycles. The summed E-state index contributed by atoms with van der Waals surface area (Å²) >= 11 is 1.44. The predicted octanol–water partition coefficient (Wildman–Crippen LogP) is 1.70. The van der Waals surface area contributed by atoms with Gasteiger partial charge in [-0.1, -0.05) is 13.8 Å². The van der Waals surface area contributed by atoms with Crippen LogP contribution in [0.2, 0.25) is 0 Å². The molecule has 16 heavy (non-hydrogen) atoms. The second-order valence-corrected chi connectivity index (χ2v) is 5.99. The van der Waals surface area contributed by atoms with Crippen molar-refractivity contribution in [1.29, 1.82) is 0 Å². The maximum Gasteiger partial charge on any atom is 0.205 e. The molecule has 0 aliphatic carbocycles. The summed E-state index contributed by atoms with van der Waals surface area (Å²) in [7, 11) is 0. The molecule has 1 saturated heterocycles. The number of aromatic nitrogens is 2. The summed E-state index contributed by atoms with van der Waals surface area (Å²) in [6.07, 6.45) is 1.74. The second-order valence-electron chi connectivity index (χ2n) is 5.26. The maximum atomic E-state index is 9.89. The molecule has 1 aromatic heterocycles. The monoisotopic (exact) mass is 241 g/mol. The molecule has 1 unspecified atom stereocenters. The van der Waals surface area contributed by atoms with E-state index in [4.69, 9.17) is 0 Å². The van der Waals surface area contributed by atoms with Crippen LogP contribution in [-0.4, -0.2) is 33.2 Å². The van der Waals surface area contributed by atoms with Crippen LogP contribution in [-0.2, 0) is 6.42 Å². The average Bonchev–Trinajstić information content (AvgIpc) is 2.71. The van der Waals surface area contributed by atoms with Gasteiger partial charge in [0.2, 0.25) is 5.13 Å². The van der Waals surface area contributed by atoms with E-state index in [1.807, 2.05) is 6.92 Å². The van der Waals surface area contributed by atoms with E-state index in [2.05, 4.69) is 28.1 Å². The van der Waals surface area contributed by atoms with Gasteiger partial charge in [-0.3, -0.25) is 0 Å². The molecule has 0 spiro atoms. The number of hydrogen-bond acceptors (Lipinski definition) is 5. The first kappa shape index (κ1) is 11.8. The zero-order chi connectivity index (χ0) is 11.8. The van der Waals surface area contributed by atoms with E-state index < -0.39 is 5.60 Å². The van der Waals surface area contributed by atoms with Gasteiger partial charge in [-0.2, -0.15) is 4.37 Å². The fraction of sp³-hybridized carbons (Fsp3) is 0.818. The van der Waals surface area contributed by atoms with Crippen molar-refractivity contribution in [3.8, 4) is 0 Å². The van der Waals surface area contributed by atoms with Gasteiger partial charge in [-0.25, -0.2) is 4.98 Å². The minimum Gasteiger partial charge on any atom is -0.388 e. The molecule has 0 amide bonds. The molecular formula is C11H19N3OS. The van der Waals surface area contributed by atoms with Crippen LogP contribution in [0, 0.1) is 5.92 Å². The minimum atomic E-state index is -0.566. The highest BCUT2D eigenvalue weighted by atomic mass is 32.1. The van der Waals surface area contributed by atoms with Crippen LogP contribution in [0.25, 0.3) is 0 Å². The van der Waals surface area contributed by atoms with Crippen molar-refractivity contribution in [2.45, 2.75) is 39.2 Å². The SMILES string of the molecule is CC(C)Cc1nsc(N2CCC(C)(O)C2)n1. The number of hydrogen-bond donors (Lipinski definition) is 1. The molecule has 0 radical (unpaired) electrons. The van der Waals surface area contributed by atoms with E-state index >= 15 is 0 Å². The van der Waals surface area contributed by atoms with Gasteiger partial charge in [-0.15, -0.1) is 0 Å². The Kier molecular flexibility index (Phi) is 3.17. The van der Waals surface area contributed by atoms with Crippen LogP contribution in [0.3, 0.4) is 0 Å². The molecule has 2 rings (SSSR count). The lowest BCUT2D eigenvalue weighted by Gasteiger charge is -2.17. The molecule has 1 aromatic rings. The van der Waals surface area contributed by atoms with Gasteiger partial charge in [0.1, 0.15) is 5.82 Å². The summed E-state index contributed by atoms with van der Waals surface area (Å²) in [5.74, 6) is 1.52. The lowest BCUT2D eigenvalue weighted by atomic mass is 10.1. The highest BCUT2D eigenvalue weighted by Gasteiger charge is 2.32. The van der Waals surface area contributed by atoms with Gasteiger partial charge in [0.25, 0.3) is 0 Å². The Bertz CT molecular complexity index is 362. The minimum absolute atomic E-state index is 0.566. The first-order valence-corrected chi connectivity index (χ1v) is 6.53. The highest BCUT2D eigenvalue weighted by molar-refractivity contribution is 7.09. The zero-order valence-corrected chi connectivity index (χ0v) is 10.9. The number of β-amino-alcohol motifs (C(OH)–C–C–N with tert-alkyl or cyclic N) is 1. The van der Waals surface area contributed by atoms with Crippen molar-refractivity contribution in [3.63, 3.8) is 0 Å². The summed E-state index contributed by atoms with van der Waals surface area (Å²) < 4.78 is 4.36. The Labute approximate surface area is 100 Å². The van der Waals surface area contributed by atoms with E-state index in [0.29, 0.717) is 12.5 Å². The topological polar surface area (TPSA) is 49.2 Å². The number of nitrogens with zero attached hydrogens (tertiary/aromatic N) is 3. The van der Waals surface area contributed by atoms with Crippen LogP contribution in [0.5, 0.6) is 0 Å². The Hall–Kier alpha value is -0.680. The summed E-state index contributed by atoms with van der Waals surface area (Å²) in [5, 5.41) is 10.8. The molecule has 90 valence electrons. The molecule has 5 heteroatoms. The van der Waals surface area contributed by atoms with Crippen LogP contribution >= 0.6 is 11.5 Å². The summed E-state index contributed by atoms with van der Waals surface area (Å²) in [6.45, 7) is 7.76. The van der Waals surface area contributed by atoms with Crippen LogP contribution in [0.15, 0.2) is 0 Å². The zero-order valence-electron chi connectivity index (χ0n) is 10.1. The van der Waals surface area contributed by atoms with Crippen molar-refractivity contribution in [2.75, 3.05) is 18.0 Å². The largest absolute Gasteiger partial charge is 0.388 e. The standard InChI is InChI=1S/C11H19N3OS/c1-8(2)6-9-12-10(16-13-9)14-5-4-11(3,15)7-14/h8,15H,4-7H2,1-3H3. The molecule has 0 saturated carbocycles. The molecule has 1 atom stereocenters. The van der Waals surface area contributed by atoms with Gasteiger partial charge in [0, 0.05) is 31.0 Å². The Morgan fingerprint density at radius 1 is 1.56 bits per heavy atom. The normalized spacial score (nSPS) is 25.7. The first-order chi connectivity index (χ1) is 7.46. The van der Waals surface area contributed by atoms with Gasteiger partial charge >= 0.3 is 0 Å². The molecule has 0 aromatic carbocycles. The highest BCUT2D eigenvalue weighted by Crippen LogP contribution is 2.27. The lowest BCUT2D eigenvalue weighted by Crippen LogP contribution is -2.29. The number of aliphatic hydroxyl groups is 1. The molecule has 1 aliphatic heterocycles. The third kappa shape index (κ3) is 2.71. The Balaban J connectivity index is 2.03. The van der Waals surface area contributed by atoms with Gasteiger partial charge < -0.3 is 10.0 Å². The van der Waals surface area contributed by atoms with Crippen LogP contribution in [0.4, 0.5) is 5.13 Å². The fourth-order valence-corrected chi connectivity index (χ4v) is 2.65. The van der Waals surface area contributed by atoms with Crippen molar-refractivity contribution >= 4 is 16.7 Å². The second kappa shape index (κ2) is 4.30. The van der Waals surface area contributed by atoms with Crippen molar-refractivity contribution in [1.82, 2.24) is 9.36 Å². The third-order valence-electron chi connectivity index (χ3n) is 2.77. The summed E-state index contributed by atoms with van der Waals surface area (Å²) in [5.41, 5.74) is -0.566. The van der Waals surface area contributed by atoms with Crippen molar-refractivity contribution in [2.24, 2.45) is 5.92 Å². The van der Waals surface area contributed by atoms with E-state index in [1.54, 1.807) is 0 Å². The molecule has 1 N–H and O–H groups in total. The van der Waals surface area contributed by atoms with Gasteiger partial charge in [0.15, 0.2) is 0 Å². The first-order valence-electron chi connectivity index (χ1n) is 5.76. The maximum absolute atomic E-state index is 9.89. The van der Waals surface area contributed by atoms with Gasteiger partial charge in [-0.05, 0) is 19.3 Å². The van der Waals surface area contributed by atoms with Crippen LogP contribution in [0.1, 0.15) is 33.0 Å². The molecule has 1 aliphatic rings. The average molecular weight is 241 g/mol. The van der Waals surface area contributed by atoms with E-state index in [-0.39, 0.29) is 0 Å². The fourth-order valence-electron chi connectivity index (χ4n) is 1.93. The Morgan fingerprint density at radius 2 is 2.31 bits per heavy atom. The van der Waals surface area contributed by atoms with E-state index in [1.165, 1.54) is 11.5 Å². The van der Waals surface area contributed by atoms with E-state index in [0.717, 1.165) is 30.3 Å². The molecule has 1 fully saturated rings. The summed E-state index contributed by atoms with van der Waals surface area (Å²) in [6, 6.07) is 0. The number of anilines is 1. The molecule has 4 nitrogen and oxygen atoms in total. The third-order valence-corrected chi connectivity index (χ3v) is 3.59. The Morgan fingerprint density at radius 3 is 2.88 bits per heavy atom. The van der Waals surface area contributed by atoms with E-state index in [9.17, 15) is 5.11 Å². The van der Waals surface area contributed by atoms with Crippen molar-refractivity contribution < 1.29 is 5.11 Å². The lowest BCUT2D eigenvalue weighted by molar-refractivity contribution is 0.0839. The number of rotatable bonds is 3. The smallest absolute Gasteiger partial charge is 0.205 e. The van der Waals surface area contributed by atoms with Gasteiger partial charge in [0.05, 0.1) is 5.60 Å².